The van der Waals surface area contributed by atoms with Crippen LogP contribution in [0, 0.1) is 17.0 Å². The summed E-state index contributed by atoms with van der Waals surface area (Å²) in [5, 5.41) is 15.5. The Labute approximate surface area is 131 Å². The maximum Gasteiger partial charge on any atom is 0.353 e. The van der Waals surface area contributed by atoms with E-state index >= 15 is 0 Å². The molecule has 0 aliphatic carbocycles. The molecule has 0 spiro atoms. The van der Waals surface area contributed by atoms with Crippen LogP contribution in [0.2, 0.25) is 0 Å². The fourth-order valence-corrected chi connectivity index (χ4v) is 2.29. The van der Waals surface area contributed by atoms with E-state index in [1.54, 1.807) is 13.1 Å². The van der Waals surface area contributed by atoms with Gasteiger partial charge in [-0.05, 0) is 37.1 Å². The minimum absolute atomic E-state index is 0.0556. The maximum atomic E-state index is 11.3. The van der Waals surface area contributed by atoms with Gasteiger partial charge < -0.3 is 4.74 Å². The largest absolute Gasteiger partial charge is 0.434 e. The van der Waals surface area contributed by atoms with Crippen molar-refractivity contribution in [1.29, 1.82) is 0 Å². The molecule has 0 fully saturated rings. The van der Waals surface area contributed by atoms with E-state index in [-0.39, 0.29) is 11.6 Å². The number of nitro groups is 1. The van der Waals surface area contributed by atoms with Gasteiger partial charge in [0, 0.05) is 11.5 Å². The van der Waals surface area contributed by atoms with Crippen LogP contribution in [0.5, 0.6) is 11.6 Å². The van der Waals surface area contributed by atoms with Crippen LogP contribution < -0.4 is 4.74 Å². The van der Waals surface area contributed by atoms with Crippen LogP contribution in [0.1, 0.15) is 24.6 Å². The van der Waals surface area contributed by atoms with Gasteiger partial charge in [-0.2, -0.15) is 5.10 Å². The van der Waals surface area contributed by atoms with Crippen molar-refractivity contribution in [3.05, 3.63) is 44.0 Å². The predicted octanol–water partition coefficient (Wildman–Crippen LogP) is 4.14. The summed E-state index contributed by atoms with van der Waals surface area (Å²) in [6, 6.07) is 5.42. The van der Waals surface area contributed by atoms with Gasteiger partial charge in [0.15, 0.2) is 0 Å². The first kappa shape index (κ1) is 15.5. The molecule has 0 atom stereocenters. The van der Waals surface area contributed by atoms with Gasteiger partial charge in [-0.15, -0.1) is 0 Å². The number of halogens is 1. The summed E-state index contributed by atoms with van der Waals surface area (Å²) in [7, 11) is 1.65. The molecule has 7 heteroatoms. The number of ether oxygens (including phenoxy) is 1. The number of nitrogens with zero attached hydrogens (tertiary/aromatic N) is 3. The highest BCUT2D eigenvalue weighted by Gasteiger charge is 2.28. The lowest BCUT2D eigenvalue weighted by molar-refractivity contribution is -0.386. The summed E-state index contributed by atoms with van der Waals surface area (Å²) in [6.07, 6.45) is 1.33. The Morgan fingerprint density at radius 1 is 1.48 bits per heavy atom. The highest BCUT2D eigenvalue weighted by atomic mass is 79.9. The zero-order valence-corrected chi connectivity index (χ0v) is 13.7. The average molecular weight is 354 g/mol. The Morgan fingerprint density at radius 3 is 2.76 bits per heavy atom. The summed E-state index contributed by atoms with van der Waals surface area (Å²) in [4.78, 5) is 10.9. The molecule has 0 unspecified atom stereocenters. The molecule has 0 saturated carbocycles. The molecule has 112 valence electrons. The van der Waals surface area contributed by atoms with Gasteiger partial charge in [-0.3, -0.25) is 10.1 Å². The third-order valence-electron chi connectivity index (χ3n) is 3.05. The first-order valence-electron chi connectivity index (χ1n) is 6.58. The second kappa shape index (κ2) is 6.26. The molecule has 0 radical (unpaired) electrons. The second-order valence-electron chi connectivity index (χ2n) is 4.74. The summed E-state index contributed by atoms with van der Waals surface area (Å²) in [6.45, 7) is 3.88. The second-order valence-corrected chi connectivity index (χ2v) is 5.60. The molecule has 1 heterocycles. The van der Waals surface area contributed by atoms with Crippen molar-refractivity contribution in [3.63, 3.8) is 0 Å². The highest BCUT2D eigenvalue weighted by Crippen LogP contribution is 2.35. The first-order chi connectivity index (χ1) is 9.93. The van der Waals surface area contributed by atoms with Gasteiger partial charge in [-0.25, -0.2) is 4.68 Å². The lowest BCUT2D eigenvalue weighted by atomic mass is 10.2. The topological polar surface area (TPSA) is 70.2 Å². The molecule has 0 N–H and O–H groups in total. The SMILES string of the molecule is CCCc1nn(C)c(Oc2ccc(Br)c(C)c2)c1[N+](=O)[O-]. The third-order valence-corrected chi connectivity index (χ3v) is 3.94. The predicted molar refractivity (Wildman–Crippen MR) is 82.8 cm³/mol. The van der Waals surface area contributed by atoms with Crippen LogP contribution in [0.15, 0.2) is 22.7 Å². The Hall–Kier alpha value is -1.89. The molecule has 1 aromatic carbocycles. The molecule has 0 amide bonds. The number of aryl methyl sites for hydroxylation is 3. The molecule has 21 heavy (non-hydrogen) atoms. The quantitative estimate of drug-likeness (QED) is 0.598. The lowest BCUT2D eigenvalue weighted by Crippen LogP contribution is -1.97. The monoisotopic (exact) mass is 353 g/mol. The van der Waals surface area contributed by atoms with Crippen LogP contribution in [-0.4, -0.2) is 14.7 Å². The van der Waals surface area contributed by atoms with Gasteiger partial charge in [0.2, 0.25) is 0 Å². The van der Waals surface area contributed by atoms with Crippen molar-refractivity contribution in [2.24, 2.45) is 7.05 Å². The van der Waals surface area contributed by atoms with Gasteiger partial charge in [0.1, 0.15) is 11.4 Å². The van der Waals surface area contributed by atoms with Crippen LogP contribution >= 0.6 is 15.9 Å². The van der Waals surface area contributed by atoms with E-state index in [1.165, 1.54) is 4.68 Å². The molecule has 1 aromatic heterocycles. The number of hydrogen-bond acceptors (Lipinski definition) is 4. The van der Waals surface area contributed by atoms with Crippen LogP contribution in [-0.2, 0) is 13.5 Å². The highest BCUT2D eigenvalue weighted by molar-refractivity contribution is 9.10. The smallest absolute Gasteiger partial charge is 0.353 e. The maximum absolute atomic E-state index is 11.3. The molecule has 2 rings (SSSR count). The van der Waals surface area contributed by atoms with Crippen LogP contribution in [0.4, 0.5) is 5.69 Å². The molecule has 0 aliphatic heterocycles. The number of rotatable bonds is 5. The molecular formula is C14H16BrN3O3. The van der Waals surface area contributed by atoms with E-state index in [0.717, 1.165) is 16.5 Å². The number of benzene rings is 1. The van der Waals surface area contributed by atoms with Gasteiger partial charge in [0.05, 0.1) is 4.92 Å². The van der Waals surface area contributed by atoms with Crippen molar-refractivity contribution >= 4 is 21.6 Å². The lowest BCUT2D eigenvalue weighted by Gasteiger charge is -2.06. The molecular weight excluding hydrogens is 338 g/mol. The van der Waals surface area contributed by atoms with Gasteiger partial charge in [-0.1, -0.05) is 29.3 Å². The number of hydrogen-bond donors (Lipinski definition) is 0. The van der Waals surface area contributed by atoms with Crippen molar-refractivity contribution in [1.82, 2.24) is 9.78 Å². The normalized spacial score (nSPS) is 10.7. The first-order valence-corrected chi connectivity index (χ1v) is 7.37. The molecule has 0 saturated heterocycles. The van der Waals surface area contributed by atoms with Crippen molar-refractivity contribution < 1.29 is 9.66 Å². The van der Waals surface area contributed by atoms with Crippen molar-refractivity contribution in [3.8, 4) is 11.6 Å². The zero-order valence-electron chi connectivity index (χ0n) is 12.1. The standard InChI is InChI=1S/C14H16BrN3O3/c1-4-5-12-13(18(19)20)14(17(3)16-12)21-10-6-7-11(15)9(2)8-10/h6-8H,4-5H2,1-3H3. The molecule has 2 aromatic rings. The minimum atomic E-state index is -0.432. The van der Waals surface area contributed by atoms with Crippen molar-refractivity contribution in [2.75, 3.05) is 0 Å². The van der Waals surface area contributed by atoms with Crippen LogP contribution in [0.25, 0.3) is 0 Å². The van der Waals surface area contributed by atoms with E-state index in [1.807, 2.05) is 26.0 Å². The number of aromatic nitrogens is 2. The van der Waals surface area contributed by atoms with E-state index in [4.69, 9.17) is 4.74 Å². The van der Waals surface area contributed by atoms with E-state index in [9.17, 15) is 10.1 Å². The Bertz CT molecular complexity index is 682. The Kier molecular flexibility index (Phi) is 4.62. The third kappa shape index (κ3) is 3.24. The Balaban J connectivity index is 2.43. The summed E-state index contributed by atoms with van der Waals surface area (Å²) >= 11 is 3.41. The molecule has 0 bridgehead atoms. The van der Waals surface area contributed by atoms with Crippen LogP contribution in [0.3, 0.4) is 0 Å². The fraction of sp³-hybridized carbons (Fsp3) is 0.357. The van der Waals surface area contributed by atoms with Crippen molar-refractivity contribution in [2.45, 2.75) is 26.7 Å². The van der Waals surface area contributed by atoms with E-state index in [0.29, 0.717) is 17.9 Å². The zero-order chi connectivity index (χ0) is 15.6. The van der Waals surface area contributed by atoms with Gasteiger partial charge in [0.25, 0.3) is 5.88 Å². The molecule has 6 nitrogen and oxygen atoms in total. The van der Waals surface area contributed by atoms with E-state index in [2.05, 4.69) is 21.0 Å². The molecule has 0 aliphatic rings. The van der Waals surface area contributed by atoms with Gasteiger partial charge >= 0.3 is 5.69 Å². The minimum Gasteiger partial charge on any atom is -0.434 e. The Morgan fingerprint density at radius 2 is 2.19 bits per heavy atom. The average Bonchev–Trinajstić information content (AvgIpc) is 2.71. The summed E-state index contributed by atoms with van der Waals surface area (Å²) in [5.74, 6) is 0.704. The summed E-state index contributed by atoms with van der Waals surface area (Å²) in [5.41, 5.74) is 1.39. The summed E-state index contributed by atoms with van der Waals surface area (Å²) < 4.78 is 8.08. The van der Waals surface area contributed by atoms with E-state index < -0.39 is 4.92 Å². The fourth-order valence-electron chi connectivity index (χ4n) is 2.05.